The topological polar surface area (TPSA) is 181 Å². The lowest BCUT2D eigenvalue weighted by atomic mass is 9.85. The molecule has 4 atom stereocenters. The van der Waals surface area contributed by atoms with Crippen molar-refractivity contribution < 1.29 is 29.4 Å². The van der Waals surface area contributed by atoms with Gasteiger partial charge in [0.15, 0.2) is 5.69 Å². The maximum absolute atomic E-state index is 13.8. The van der Waals surface area contributed by atoms with Gasteiger partial charge in [0.25, 0.3) is 0 Å². The highest BCUT2D eigenvalue weighted by Crippen LogP contribution is 2.34. The standard InChI is InChI=1S/C29H34N6O6/c1-29(2,3)24(35-16-22(28(40)41)32-33-35)27(39)34-15-20(36)14-23(34)26(38)31-21(25(30)37)13-17-9-11-19(12-10-17)18-7-5-4-6-8-18/h4-12,16,20-21,23-24,36H,13-15H2,1-3H3,(H2,30,37)(H,31,38)(H,40,41). The fourth-order valence-corrected chi connectivity index (χ4v) is 5.03. The molecular formula is C29H34N6O6. The molecule has 1 aliphatic rings. The number of nitrogens with one attached hydrogen (secondary N) is 1. The summed E-state index contributed by atoms with van der Waals surface area (Å²) in [6.45, 7) is 5.19. The van der Waals surface area contributed by atoms with Crippen LogP contribution in [0.25, 0.3) is 11.1 Å². The van der Waals surface area contributed by atoms with Crippen LogP contribution in [0.3, 0.4) is 0 Å². The van der Waals surface area contributed by atoms with Gasteiger partial charge in [0.2, 0.25) is 17.7 Å². The Hall–Kier alpha value is -4.58. The monoisotopic (exact) mass is 562 g/mol. The molecule has 1 aromatic heterocycles. The second-order valence-electron chi connectivity index (χ2n) is 11.3. The molecule has 5 N–H and O–H groups in total. The van der Waals surface area contributed by atoms with E-state index in [1.807, 2.05) is 54.6 Å². The van der Waals surface area contributed by atoms with Gasteiger partial charge in [-0.2, -0.15) is 0 Å². The van der Waals surface area contributed by atoms with Crippen LogP contribution in [0.15, 0.2) is 60.8 Å². The number of amides is 3. The van der Waals surface area contributed by atoms with Crippen molar-refractivity contribution in [2.45, 2.75) is 57.8 Å². The third-order valence-corrected chi connectivity index (χ3v) is 7.07. The number of aromatic carboxylic acids is 1. The van der Waals surface area contributed by atoms with Gasteiger partial charge in [0, 0.05) is 19.4 Å². The Bertz CT molecular complexity index is 1420. The number of primary amides is 1. The van der Waals surface area contributed by atoms with Crippen molar-refractivity contribution in [2.24, 2.45) is 11.1 Å². The average molecular weight is 563 g/mol. The molecule has 41 heavy (non-hydrogen) atoms. The van der Waals surface area contributed by atoms with Crippen LogP contribution in [0, 0.1) is 5.41 Å². The molecule has 0 spiro atoms. The summed E-state index contributed by atoms with van der Waals surface area (Å²) in [5.74, 6) is -3.20. The molecule has 1 fully saturated rings. The van der Waals surface area contributed by atoms with Crippen LogP contribution < -0.4 is 11.1 Å². The second kappa shape index (κ2) is 11.9. The SMILES string of the molecule is CC(C)(C)C(C(=O)N1CC(O)CC1C(=O)NC(Cc1ccc(-c2ccccc2)cc1)C(N)=O)n1cc(C(=O)O)nn1. The maximum Gasteiger partial charge on any atom is 0.358 e. The molecule has 0 saturated carbocycles. The first kappa shape index (κ1) is 29.4. The molecule has 216 valence electrons. The first-order valence-corrected chi connectivity index (χ1v) is 13.2. The fourth-order valence-electron chi connectivity index (χ4n) is 5.03. The largest absolute Gasteiger partial charge is 0.476 e. The number of nitrogens with zero attached hydrogens (tertiary/aromatic N) is 4. The molecule has 0 aliphatic carbocycles. The zero-order valence-corrected chi connectivity index (χ0v) is 23.1. The van der Waals surface area contributed by atoms with Crippen LogP contribution >= 0.6 is 0 Å². The second-order valence-corrected chi connectivity index (χ2v) is 11.3. The lowest BCUT2D eigenvalue weighted by molar-refractivity contribution is -0.144. The van der Waals surface area contributed by atoms with Crippen LogP contribution in [0.5, 0.6) is 0 Å². The average Bonchev–Trinajstić information content (AvgIpc) is 3.55. The molecule has 4 unspecified atom stereocenters. The summed E-state index contributed by atoms with van der Waals surface area (Å²) in [4.78, 5) is 52.1. The molecular weight excluding hydrogens is 528 g/mol. The Balaban J connectivity index is 1.51. The minimum absolute atomic E-state index is 0.0383. The van der Waals surface area contributed by atoms with Gasteiger partial charge in [-0.1, -0.05) is 80.6 Å². The number of carboxylic acid groups (broad SMARTS) is 1. The fraction of sp³-hybridized carbons (Fsp3) is 0.379. The van der Waals surface area contributed by atoms with Crippen LogP contribution in [-0.4, -0.2) is 78.5 Å². The van der Waals surface area contributed by atoms with Gasteiger partial charge in [-0.3, -0.25) is 14.4 Å². The maximum atomic E-state index is 13.8. The summed E-state index contributed by atoms with van der Waals surface area (Å²) in [5.41, 5.74) is 7.37. The van der Waals surface area contributed by atoms with Crippen LogP contribution in [-0.2, 0) is 20.8 Å². The van der Waals surface area contributed by atoms with E-state index in [2.05, 4.69) is 15.6 Å². The lowest BCUT2D eigenvalue weighted by Crippen LogP contribution is -2.54. The van der Waals surface area contributed by atoms with E-state index in [0.717, 1.165) is 27.6 Å². The van der Waals surface area contributed by atoms with E-state index in [9.17, 15) is 29.4 Å². The Kier molecular flexibility index (Phi) is 8.52. The van der Waals surface area contributed by atoms with Crippen molar-refractivity contribution in [1.29, 1.82) is 0 Å². The number of carbonyl (C=O) groups excluding carboxylic acids is 3. The summed E-state index contributed by atoms with van der Waals surface area (Å²) in [6.07, 6.45) is 0.284. The number of hydrogen-bond donors (Lipinski definition) is 4. The van der Waals surface area contributed by atoms with Crippen LogP contribution in [0.2, 0.25) is 0 Å². The predicted molar refractivity (Wildman–Crippen MR) is 148 cm³/mol. The van der Waals surface area contributed by atoms with E-state index in [0.29, 0.717) is 0 Å². The Morgan fingerprint density at radius 2 is 1.68 bits per heavy atom. The smallest absolute Gasteiger partial charge is 0.358 e. The molecule has 3 amide bonds. The molecule has 3 aromatic rings. The Labute approximate surface area is 237 Å². The first-order valence-electron chi connectivity index (χ1n) is 13.2. The summed E-state index contributed by atoms with van der Waals surface area (Å²) in [7, 11) is 0. The molecule has 2 heterocycles. The molecule has 12 heteroatoms. The minimum atomic E-state index is -1.29. The highest BCUT2D eigenvalue weighted by molar-refractivity contribution is 5.93. The summed E-state index contributed by atoms with van der Waals surface area (Å²) < 4.78 is 1.16. The number of benzene rings is 2. The minimum Gasteiger partial charge on any atom is -0.476 e. The predicted octanol–water partition coefficient (Wildman–Crippen LogP) is 1.41. The Morgan fingerprint density at radius 3 is 2.24 bits per heavy atom. The van der Waals surface area contributed by atoms with Gasteiger partial charge in [-0.05, 0) is 22.1 Å². The molecule has 2 aromatic carbocycles. The zero-order chi connectivity index (χ0) is 29.9. The van der Waals surface area contributed by atoms with E-state index < -0.39 is 53.3 Å². The van der Waals surface area contributed by atoms with Gasteiger partial charge >= 0.3 is 5.97 Å². The molecule has 1 saturated heterocycles. The summed E-state index contributed by atoms with van der Waals surface area (Å²) in [5, 5.41) is 29.8. The molecule has 4 rings (SSSR count). The Morgan fingerprint density at radius 1 is 1.05 bits per heavy atom. The van der Waals surface area contributed by atoms with E-state index in [-0.39, 0.29) is 25.1 Å². The van der Waals surface area contributed by atoms with Gasteiger partial charge in [-0.15, -0.1) is 5.10 Å². The third-order valence-electron chi connectivity index (χ3n) is 7.07. The van der Waals surface area contributed by atoms with Crippen LogP contribution in [0.4, 0.5) is 0 Å². The number of aromatic nitrogens is 3. The normalized spacial score (nSPS) is 18.5. The number of nitrogens with two attached hydrogens (primary N) is 1. The van der Waals surface area contributed by atoms with Crippen molar-refractivity contribution in [3.8, 4) is 11.1 Å². The highest BCUT2D eigenvalue weighted by Gasteiger charge is 2.45. The number of β-amino-alcohol motifs (C(OH)–C–C–N with tert-alkyl or cyclic N) is 1. The summed E-state index contributed by atoms with van der Waals surface area (Å²) in [6, 6.07) is 14.2. The number of aliphatic hydroxyl groups excluding tert-OH is 1. The number of aliphatic hydroxyl groups is 1. The molecule has 12 nitrogen and oxygen atoms in total. The number of hydrogen-bond acceptors (Lipinski definition) is 7. The number of carbonyl (C=O) groups is 4. The lowest BCUT2D eigenvalue weighted by Gasteiger charge is -2.34. The highest BCUT2D eigenvalue weighted by atomic mass is 16.4. The summed E-state index contributed by atoms with van der Waals surface area (Å²) >= 11 is 0. The molecule has 1 aliphatic heterocycles. The van der Waals surface area contributed by atoms with E-state index in [1.165, 1.54) is 4.90 Å². The van der Waals surface area contributed by atoms with Gasteiger partial charge in [0.05, 0.1) is 12.3 Å². The number of carboxylic acids is 1. The van der Waals surface area contributed by atoms with Crippen LogP contribution in [0.1, 0.15) is 49.3 Å². The van der Waals surface area contributed by atoms with Crippen molar-refractivity contribution in [3.05, 3.63) is 72.1 Å². The van der Waals surface area contributed by atoms with E-state index in [4.69, 9.17) is 5.73 Å². The van der Waals surface area contributed by atoms with Crippen molar-refractivity contribution in [1.82, 2.24) is 25.2 Å². The first-order chi connectivity index (χ1) is 19.3. The quantitative estimate of drug-likeness (QED) is 0.302. The van der Waals surface area contributed by atoms with Gasteiger partial charge < -0.3 is 26.2 Å². The number of likely N-dealkylation sites (tertiary alicyclic amines) is 1. The van der Waals surface area contributed by atoms with Gasteiger partial charge in [0.1, 0.15) is 18.1 Å². The zero-order valence-electron chi connectivity index (χ0n) is 23.1. The third kappa shape index (κ3) is 6.77. The van der Waals surface area contributed by atoms with Gasteiger partial charge in [-0.25, -0.2) is 9.48 Å². The van der Waals surface area contributed by atoms with Crippen molar-refractivity contribution in [3.63, 3.8) is 0 Å². The molecule has 0 radical (unpaired) electrons. The van der Waals surface area contributed by atoms with Crippen molar-refractivity contribution >= 4 is 23.7 Å². The van der Waals surface area contributed by atoms with E-state index in [1.54, 1.807) is 20.8 Å². The molecule has 0 bridgehead atoms. The van der Waals surface area contributed by atoms with Crippen molar-refractivity contribution in [2.75, 3.05) is 6.54 Å². The van der Waals surface area contributed by atoms with E-state index >= 15 is 0 Å². The number of rotatable bonds is 9.